The summed E-state index contributed by atoms with van der Waals surface area (Å²) in [4.78, 5) is 0. The van der Waals surface area contributed by atoms with Crippen LogP contribution in [0.2, 0.25) is 0 Å². The highest BCUT2D eigenvalue weighted by molar-refractivity contribution is 7.89. The lowest BCUT2D eigenvalue weighted by atomic mass is 10.0. The second kappa shape index (κ2) is 7.34. The lowest BCUT2D eigenvalue weighted by molar-refractivity contribution is 0.388. The molecule has 1 heterocycles. The van der Waals surface area contributed by atoms with Gasteiger partial charge in [-0.05, 0) is 32.2 Å². The Hall–Kier alpha value is -0.130. The summed E-state index contributed by atoms with van der Waals surface area (Å²) in [7, 11) is -1.34. The maximum Gasteiger partial charge on any atom is 0.213 e. The van der Waals surface area contributed by atoms with Crippen molar-refractivity contribution in [3.8, 4) is 0 Å². The van der Waals surface area contributed by atoms with Crippen LogP contribution in [0.1, 0.15) is 45.4 Å². The average Bonchev–Trinajstić information content (AvgIpc) is 2.35. The molecule has 17 heavy (non-hydrogen) atoms. The molecule has 1 unspecified atom stereocenters. The summed E-state index contributed by atoms with van der Waals surface area (Å²) in [5, 5.41) is 3.39. The Morgan fingerprint density at radius 3 is 2.71 bits per heavy atom. The minimum atomic E-state index is -3.04. The monoisotopic (exact) mass is 262 g/mol. The fourth-order valence-electron chi connectivity index (χ4n) is 2.14. The second-order valence-corrected chi connectivity index (χ2v) is 7.12. The normalized spacial score (nSPS) is 21.9. The molecule has 0 aromatic carbocycles. The number of rotatable bonds is 7. The molecule has 0 spiro atoms. The van der Waals surface area contributed by atoms with Crippen molar-refractivity contribution in [3.05, 3.63) is 0 Å². The van der Waals surface area contributed by atoms with E-state index in [2.05, 4.69) is 12.2 Å². The molecule has 4 nitrogen and oxygen atoms in total. The van der Waals surface area contributed by atoms with Crippen LogP contribution >= 0.6 is 0 Å². The zero-order valence-corrected chi connectivity index (χ0v) is 11.9. The molecule has 102 valence electrons. The molecule has 0 aliphatic carbocycles. The molecule has 0 aromatic rings. The molecule has 1 rings (SSSR count). The van der Waals surface area contributed by atoms with E-state index in [1.807, 2.05) is 0 Å². The van der Waals surface area contributed by atoms with Gasteiger partial charge in [0.15, 0.2) is 0 Å². The molecule has 1 atom stereocenters. The number of unbranched alkanes of at least 4 members (excludes halogenated alkanes) is 1. The summed E-state index contributed by atoms with van der Waals surface area (Å²) in [6.07, 6.45) is 6.29. The molecule has 5 heteroatoms. The molecule has 1 saturated heterocycles. The van der Waals surface area contributed by atoms with Crippen molar-refractivity contribution in [1.82, 2.24) is 9.62 Å². The quantitative estimate of drug-likeness (QED) is 0.758. The summed E-state index contributed by atoms with van der Waals surface area (Å²) in [6.45, 7) is 3.76. The van der Waals surface area contributed by atoms with E-state index >= 15 is 0 Å². The number of hydrogen-bond acceptors (Lipinski definition) is 3. The number of hydrogen-bond donors (Lipinski definition) is 1. The van der Waals surface area contributed by atoms with Crippen molar-refractivity contribution >= 4 is 10.0 Å². The largest absolute Gasteiger partial charge is 0.314 e. The first-order chi connectivity index (χ1) is 8.06. The summed E-state index contributed by atoms with van der Waals surface area (Å²) < 4.78 is 25.5. The topological polar surface area (TPSA) is 49.4 Å². The number of nitrogens with one attached hydrogen (secondary N) is 1. The zero-order chi connectivity index (χ0) is 12.7. The molecule has 1 aliphatic rings. The van der Waals surface area contributed by atoms with E-state index in [0.717, 1.165) is 32.2 Å². The Morgan fingerprint density at radius 2 is 2.12 bits per heavy atom. The van der Waals surface area contributed by atoms with Gasteiger partial charge in [-0.3, -0.25) is 0 Å². The van der Waals surface area contributed by atoms with E-state index in [1.165, 1.54) is 17.1 Å². The first kappa shape index (κ1) is 14.9. The SMILES string of the molecule is CCCCN(C)S(=O)(=O)CCC1CCCCN1. The van der Waals surface area contributed by atoms with Crippen LogP contribution in [-0.4, -0.2) is 44.7 Å². The van der Waals surface area contributed by atoms with E-state index in [4.69, 9.17) is 0 Å². The van der Waals surface area contributed by atoms with Crippen molar-refractivity contribution in [2.75, 3.05) is 25.9 Å². The zero-order valence-electron chi connectivity index (χ0n) is 11.1. The fraction of sp³-hybridized carbons (Fsp3) is 1.00. The highest BCUT2D eigenvalue weighted by Crippen LogP contribution is 2.12. The molecule has 0 bridgehead atoms. The van der Waals surface area contributed by atoms with E-state index in [9.17, 15) is 8.42 Å². The van der Waals surface area contributed by atoms with Gasteiger partial charge in [0.25, 0.3) is 0 Å². The lowest BCUT2D eigenvalue weighted by Crippen LogP contribution is -2.37. The molecule has 1 aliphatic heterocycles. The van der Waals surface area contributed by atoms with Crippen LogP contribution in [0.25, 0.3) is 0 Å². The highest BCUT2D eigenvalue weighted by atomic mass is 32.2. The van der Waals surface area contributed by atoms with Crippen LogP contribution in [-0.2, 0) is 10.0 Å². The molecule has 1 fully saturated rings. The van der Waals surface area contributed by atoms with Crippen molar-refractivity contribution in [1.29, 1.82) is 0 Å². The first-order valence-corrected chi connectivity index (χ1v) is 8.34. The molecule has 0 radical (unpaired) electrons. The molecule has 0 saturated carbocycles. The minimum Gasteiger partial charge on any atom is -0.314 e. The predicted octanol–water partition coefficient (Wildman–Crippen LogP) is 1.58. The Bertz CT molecular complexity index is 298. The fourth-order valence-corrected chi connectivity index (χ4v) is 3.44. The third kappa shape index (κ3) is 5.36. The Labute approximate surface area is 106 Å². The second-order valence-electron chi connectivity index (χ2n) is 4.93. The van der Waals surface area contributed by atoms with Crippen molar-refractivity contribution in [2.24, 2.45) is 0 Å². The van der Waals surface area contributed by atoms with Gasteiger partial charge in [-0.25, -0.2) is 12.7 Å². The van der Waals surface area contributed by atoms with Gasteiger partial charge in [-0.1, -0.05) is 19.8 Å². The van der Waals surface area contributed by atoms with E-state index in [-0.39, 0.29) is 5.75 Å². The van der Waals surface area contributed by atoms with Gasteiger partial charge >= 0.3 is 0 Å². The van der Waals surface area contributed by atoms with Crippen LogP contribution in [0.3, 0.4) is 0 Å². The van der Waals surface area contributed by atoms with Crippen LogP contribution in [0.5, 0.6) is 0 Å². The van der Waals surface area contributed by atoms with Crippen molar-refractivity contribution in [2.45, 2.75) is 51.5 Å². The van der Waals surface area contributed by atoms with Crippen LogP contribution in [0.15, 0.2) is 0 Å². The molecule has 1 N–H and O–H groups in total. The summed E-state index contributed by atoms with van der Waals surface area (Å²) >= 11 is 0. The third-order valence-electron chi connectivity index (χ3n) is 3.44. The van der Waals surface area contributed by atoms with Crippen molar-refractivity contribution < 1.29 is 8.42 Å². The maximum absolute atomic E-state index is 12.0. The average molecular weight is 262 g/mol. The number of sulfonamides is 1. The summed E-state index contributed by atoms with van der Waals surface area (Å²) in [5.74, 6) is 0.283. The van der Waals surface area contributed by atoms with Gasteiger partial charge in [0.1, 0.15) is 0 Å². The molecular formula is C12H26N2O2S. The lowest BCUT2D eigenvalue weighted by Gasteiger charge is -2.24. The molecular weight excluding hydrogens is 236 g/mol. The third-order valence-corrected chi connectivity index (χ3v) is 5.32. The van der Waals surface area contributed by atoms with Crippen LogP contribution in [0.4, 0.5) is 0 Å². The standard InChI is InChI=1S/C12H26N2O2S/c1-3-4-10-14(2)17(15,16)11-8-12-7-5-6-9-13-12/h12-13H,3-11H2,1-2H3. The first-order valence-electron chi connectivity index (χ1n) is 6.73. The number of nitrogens with zero attached hydrogens (tertiary/aromatic N) is 1. The van der Waals surface area contributed by atoms with Gasteiger partial charge in [0, 0.05) is 19.6 Å². The Kier molecular flexibility index (Phi) is 6.44. The van der Waals surface area contributed by atoms with E-state index < -0.39 is 10.0 Å². The van der Waals surface area contributed by atoms with Gasteiger partial charge in [-0.2, -0.15) is 0 Å². The van der Waals surface area contributed by atoms with Crippen molar-refractivity contribution in [3.63, 3.8) is 0 Å². The highest BCUT2D eigenvalue weighted by Gasteiger charge is 2.20. The van der Waals surface area contributed by atoms with E-state index in [1.54, 1.807) is 7.05 Å². The Morgan fingerprint density at radius 1 is 1.35 bits per heavy atom. The van der Waals surface area contributed by atoms with Gasteiger partial charge in [0.05, 0.1) is 5.75 Å². The summed E-state index contributed by atoms with van der Waals surface area (Å²) in [5.41, 5.74) is 0. The maximum atomic E-state index is 12.0. The van der Waals surface area contributed by atoms with Gasteiger partial charge < -0.3 is 5.32 Å². The smallest absolute Gasteiger partial charge is 0.213 e. The Balaban J connectivity index is 2.32. The minimum absolute atomic E-state index is 0.283. The molecule has 0 amide bonds. The molecule has 0 aromatic heterocycles. The van der Waals surface area contributed by atoms with Gasteiger partial charge in [-0.15, -0.1) is 0 Å². The van der Waals surface area contributed by atoms with Gasteiger partial charge in [0.2, 0.25) is 10.0 Å². The summed E-state index contributed by atoms with van der Waals surface area (Å²) in [6, 6.07) is 0.401. The van der Waals surface area contributed by atoms with E-state index in [0.29, 0.717) is 12.6 Å². The van der Waals surface area contributed by atoms with Crippen LogP contribution < -0.4 is 5.32 Å². The number of piperidine rings is 1. The predicted molar refractivity (Wildman–Crippen MR) is 71.6 cm³/mol. The van der Waals surface area contributed by atoms with Crippen LogP contribution in [0, 0.1) is 0 Å².